The van der Waals surface area contributed by atoms with Crippen LogP contribution in [0.5, 0.6) is 0 Å². The predicted octanol–water partition coefficient (Wildman–Crippen LogP) is 3.41. The predicted molar refractivity (Wildman–Crippen MR) is 88.4 cm³/mol. The molecule has 1 fully saturated rings. The highest BCUT2D eigenvalue weighted by Gasteiger charge is 2.17. The van der Waals surface area contributed by atoms with Crippen LogP contribution in [0.25, 0.3) is 10.2 Å². The summed E-state index contributed by atoms with van der Waals surface area (Å²) in [5.41, 5.74) is 0. The molecule has 1 unspecified atom stereocenters. The van der Waals surface area contributed by atoms with Gasteiger partial charge in [0.1, 0.15) is 10.6 Å². The van der Waals surface area contributed by atoms with Crippen LogP contribution in [0, 0.1) is 6.92 Å². The van der Waals surface area contributed by atoms with Gasteiger partial charge in [-0.05, 0) is 32.3 Å². The minimum atomic E-state index is 0.307. The molecule has 3 heterocycles. The van der Waals surface area contributed by atoms with E-state index in [0.29, 0.717) is 12.1 Å². The number of fused-ring (bicyclic) bond motifs is 1. The normalized spacial score (nSPS) is 18.3. The molecule has 2 aromatic rings. The lowest BCUT2D eigenvalue weighted by Gasteiger charge is -2.13. The highest BCUT2D eigenvalue weighted by Crippen LogP contribution is 2.29. The number of rotatable bonds is 6. The van der Waals surface area contributed by atoms with E-state index in [4.69, 9.17) is 4.74 Å². The van der Waals surface area contributed by atoms with Crippen LogP contribution in [-0.4, -0.2) is 35.8 Å². The van der Waals surface area contributed by atoms with Gasteiger partial charge in [0, 0.05) is 24.6 Å². The van der Waals surface area contributed by atoms with Gasteiger partial charge in [0.15, 0.2) is 0 Å². The molecule has 0 radical (unpaired) electrons. The lowest BCUT2D eigenvalue weighted by Crippen LogP contribution is -2.19. The highest BCUT2D eigenvalue weighted by atomic mass is 32.1. The molecule has 0 amide bonds. The van der Waals surface area contributed by atoms with Crippen molar-refractivity contribution in [3.8, 4) is 0 Å². The summed E-state index contributed by atoms with van der Waals surface area (Å²) in [6.45, 7) is 6.83. The van der Waals surface area contributed by atoms with Crippen molar-refractivity contribution in [2.24, 2.45) is 0 Å². The fraction of sp³-hybridized carbons (Fsp3) is 0.600. The van der Waals surface area contributed by atoms with Gasteiger partial charge in [0.2, 0.25) is 5.95 Å². The molecule has 1 aliphatic rings. The maximum Gasteiger partial charge on any atom is 0.226 e. The number of nitrogens with zero attached hydrogens (tertiary/aromatic N) is 2. The van der Waals surface area contributed by atoms with Gasteiger partial charge in [0.05, 0.1) is 11.5 Å². The summed E-state index contributed by atoms with van der Waals surface area (Å²) >= 11 is 1.71. The quantitative estimate of drug-likeness (QED) is 0.856. The number of aryl methyl sites for hydroxylation is 1. The molecule has 0 bridgehead atoms. The lowest BCUT2D eigenvalue weighted by atomic mass is 10.2. The number of ether oxygens (including phenoxy) is 1. The van der Waals surface area contributed by atoms with E-state index >= 15 is 0 Å². The van der Waals surface area contributed by atoms with E-state index < -0.39 is 0 Å². The van der Waals surface area contributed by atoms with Gasteiger partial charge < -0.3 is 15.4 Å². The smallest absolute Gasteiger partial charge is 0.226 e. The Balaban J connectivity index is 1.82. The molecule has 6 heteroatoms. The van der Waals surface area contributed by atoms with Gasteiger partial charge in [-0.15, -0.1) is 11.3 Å². The Morgan fingerprint density at radius 3 is 3.05 bits per heavy atom. The molecule has 21 heavy (non-hydrogen) atoms. The second-order valence-corrected chi connectivity index (χ2v) is 6.65. The van der Waals surface area contributed by atoms with Crippen LogP contribution in [0.1, 0.15) is 31.1 Å². The molecule has 114 valence electrons. The standard InChI is InChI=1S/C15H22N4OS/c1-3-6-16-15-18-13(17-9-11-5-4-7-20-11)12-8-10(2)21-14(12)19-15/h8,11H,3-7,9H2,1-2H3,(H2,16,17,18,19). The molecular weight excluding hydrogens is 284 g/mol. The fourth-order valence-electron chi connectivity index (χ4n) is 2.51. The van der Waals surface area contributed by atoms with E-state index in [1.807, 2.05) is 0 Å². The van der Waals surface area contributed by atoms with Gasteiger partial charge in [-0.1, -0.05) is 6.92 Å². The minimum Gasteiger partial charge on any atom is -0.376 e. The topological polar surface area (TPSA) is 59.1 Å². The first-order chi connectivity index (χ1) is 10.3. The van der Waals surface area contributed by atoms with Gasteiger partial charge in [-0.25, -0.2) is 4.98 Å². The van der Waals surface area contributed by atoms with E-state index in [1.165, 1.54) is 4.88 Å². The van der Waals surface area contributed by atoms with Crippen molar-refractivity contribution in [1.82, 2.24) is 9.97 Å². The summed E-state index contributed by atoms with van der Waals surface area (Å²) in [4.78, 5) is 11.5. The fourth-order valence-corrected chi connectivity index (χ4v) is 3.39. The molecule has 0 aromatic carbocycles. The number of thiophene rings is 1. The van der Waals surface area contributed by atoms with Crippen LogP contribution in [0.4, 0.5) is 11.8 Å². The van der Waals surface area contributed by atoms with Crippen molar-refractivity contribution < 1.29 is 4.74 Å². The molecular formula is C15H22N4OS. The van der Waals surface area contributed by atoms with E-state index in [9.17, 15) is 0 Å². The third kappa shape index (κ3) is 3.44. The van der Waals surface area contributed by atoms with Crippen molar-refractivity contribution >= 4 is 33.3 Å². The summed E-state index contributed by atoms with van der Waals surface area (Å²) < 4.78 is 5.67. The summed E-state index contributed by atoms with van der Waals surface area (Å²) in [5.74, 6) is 1.62. The Bertz CT molecular complexity index is 607. The maximum absolute atomic E-state index is 5.67. The number of hydrogen-bond acceptors (Lipinski definition) is 6. The van der Waals surface area contributed by atoms with Gasteiger partial charge in [0.25, 0.3) is 0 Å². The van der Waals surface area contributed by atoms with E-state index in [2.05, 4.69) is 40.5 Å². The summed E-state index contributed by atoms with van der Waals surface area (Å²) in [5, 5.41) is 7.84. The van der Waals surface area contributed by atoms with Crippen LogP contribution < -0.4 is 10.6 Å². The minimum absolute atomic E-state index is 0.307. The van der Waals surface area contributed by atoms with Crippen LogP contribution in [0.15, 0.2) is 6.07 Å². The number of hydrogen-bond donors (Lipinski definition) is 2. The zero-order valence-electron chi connectivity index (χ0n) is 12.6. The van der Waals surface area contributed by atoms with Crippen LogP contribution in [0.2, 0.25) is 0 Å². The van der Waals surface area contributed by atoms with Crippen molar-refractivity contribution in [1.29, 1.82) is 0 Å². The van der Waals surface area contributed by atoms with Gasteiger partial charge in [-0.3, -0.25) is 0 Å². The average Bonchev–Trinajstić information content (AvgIpc) is 3.10. The molecule has 0 saturated carbocycles. The molecule has 3 rings (SSSR count). The zero-order valence-corrected chi connectivity index (χ0v) is 13.4. The van der Waals surface area contributed by atoms with Gasteiger partial charge >= 0.3 is 0 Å². The average molecular weight is 306 g/mol. The van der Waals surface area contributed by atoms with Gasteiger partial charge in [-0.2, -0.15) is 4.98 Å². The Morgan fingerprint density at radius 1 is 1.38 bits per heavy atom. The Hall–Kier alpha value is -1.40. The highest BCUT2D eigenvalue weighted by molar-refractivity contribution is 7.18. The van der Waals surface area contributed by atoms with Crippen molar-refractivity contribution in [2.45, 2.75) is 39.2 Å². The van der Waals surface area contributed by atoms with E-state index in [0.717, 1.165) is 55.0 Å². The van der Waals surface area contributed by atoms with Crippen molar-refractivity contribution in [2.75, 3.05) is 30.3 Å². The molecule has 1 aliphatic heterocycles. The number of anilines is 2. The SMILES string of the molecule is CCCNc1nc(NCC2CCCO2)c2cc(C)sc2n1. The number of aromatic nitrogens is 2. The first-order valence-corrected chi connectivity index (χ1v) is 8.45. The summed E-state index contributed by atoms with van der Waals surface area (Å²) in [7, 11) is 0. The van der Waals surface area contributed by atoms with Crippen LogP contribution in [0.3, 0.4) is 0 Å². The van der Waals surface area contributed by atoms with Crippen LogP contribution in [-0.2, 0) is 4.74 Å². The first-order valence-electron chi connectivity index (χ1n) is 7.64. The first kappa shape index (κ1) is 14.5. The van der Waals surface area contributed by atoms with E-state index in [-0.39, 0.29) is 0 Å². The lowest BCUT2D eigenvalue weighted by molar-refractivity contribution is 0.120. The third-order valence-corrected chi connectivity index (χ3v) is 4.51. The Labute approximate surface area is 129 Å². The molecule has 2 aromatic heterocycles. The third-order valence-electron chi connectivity index (χ3n) is 3.57. The zero-order chi connectivity index (χ0) is 14.7. The summed E-state index contributed by atoms with van der Waals surface area (Å²) in [6.07, 6.45) is 3.66. The van der Waals surface area contributed by atoms with E-state index in [1.54, 1.807) is 11.3 Å². The molecule has 1 atom stereocenters. The Kier molecular flexibility index (Phi) is 4.55. The van der Waals surface area contributed by atoms with Crippen LogP contribution >= 0.6 is 11.3 Å². The largest absolute Gasteiger partial charge is 0.376 e. The molecule has 0 spiro atoms. The molecule has 1 saturated heterocycles. The maximum atomic E-state index is 5.67. The molecule has 0 aliphatic carbocycles. The Morgan fingerprint density at radius 2 is 2.29 bits per heavy atom. The molecule has 5 nitrogen and oxygen atoms in total. The monoisotopic (exact) mass is 306 g/mol. The van der Waals surface area contributed by atoms with Crippen molar-refractivity contribution in [3.05, 3.63) is 10.9 Å². The number of nitrogens with one attached hydrogen (secondary N) is 2. The summed E-state index contributed by atoms with van der Waals surface area (Å²) in [6, 6.07) is 2.15. The second-order valence-electron chi connectivity index (χ2n) is 5.41. The second kappa shape index (κ2) is 6.58. The van der Waals surface area contributed by atoms with Crippen molar-refractivity contribution in [3.63, 3.8) is 0 Å². The molecule has 2 N–H and O–H groups in total.